The van der Waals surface area contributed by atoms with Gasteiger partial charge in [0.1, 0.15) is 5.76 Å². The third kappa shape index (κ3) is 4.56. The average molecular weight is 414 g/mol. The largest absolute Gasteiger partial charge is 0.467 e. The number of carbonyl (C=O) groups excluding carboxylic acids is 1. The predicted molar refractivity (Wildman–Crippen MR) is 116 cm³/mol. The number of amides is 1. The molecular formula is C22H27N3O3S. The van der Waals surface area contributed by atoms with E-state index in [1.165, 1.54) is 11.8 Å². The number of para-hydroxylation sites is 1. The number of nitrogens with zero attached hydrogens (tertiary/aromatic N) is 3. The van der Waals surface area contributed by atoms with Crippen LogP contribution in [0.15, 0.2) is 57.0 Å². The van der Waals surface area contributed by atoms with E-state index in [1.807, 2.05) is 63.8 Å². The van der Waals surface area contributed by atoms with Gasteiger partial charge < -0.3 is 9.32 Å². The van der Waals surface area contributed by atoms with E-state index >= 15 is 0 Å². The standard InChI is InChI=1S/C22H27N3O3S/c1-14(2)25(15(3)4)20(26)16(5)29-22-23-19-11-7-6-10-18(19)21(27)24(22)13-17-9-8-12-28-17/h6-12,14-16H,13H2,1-5H3. The van der Waals surface area contributed by atoms with Crippen LogP contribution in [0.5, 0.6) is 0 Å². The van der Waals surface area contributed by atoms with Crippen molar-refractivity contribution in [3.05, 3.63) is 58.8 Å². The van der Waals surface area contributed by atoms with Gasteiger partial charge in [-0.25, -0.2) is 4.98 Å². The summed E-state index contributed by atoms with van der Waals surface area (Å²) in [7, 11) is 0. The van der Waals surface area contributed by atoms with E-state index in [9.17, 15) is 9.59 Å². The maximum atomic E-state index is 13.1. The van der Waals surface area contributed by atoms with E-state index in [4.69, 9.17) is 9.40 Å². The molecule has 3 rings (SSSR count). The Morgan fingerprint density at radius 1 is 1.10 bits per heavy atom. The summed E-state index contributed by atoms with van der Waals surface area (Å²) in [6.07, 6.45) is 1.58. The molecule has 0 fully saturated rings. The second-order valence-electron chi connectivity index (χ2n) is 7.58. The molecule has 1 unspecified atom stereocenters. The molecule has 0 saturated carbocycles. The van der Waals surface area contributed by atoms with Crippen LogP contribution in [-0.4, -0.2) is 37.7 Å². The normalized spacial score (nSPS) is 12.7. The van der Waals surface area contributed by atoms with Gasteiger partial charge in [0.15, 0.2) is 5.16 Å². The maximum absolute atomic E-state index is 13.1. The number of aromatic nitrogens is 2. The molecule has 2 aromatic heterocycles. The van der Waals surface area contributed by atoms with Crippen molar-refractivity contribution in [3.63, 3.8) is 0 Å². The van der Waals surface area contributed by atoms with Gasteiger partial charge in [-0.15, -0.1) is 0 Å². The molecule has 29 heavy (non-hydrogen) atoms. The van der Waals surface area contributed by atoms with Crippen molar-refractivity contribution in [3.8, 4) is 0 Å². The van der Waals surface area contributed by atoms with E-state index in [2.05, 4.69) is 0 Å². The number of rotatable bonds is 7. The molecule has 3 aromatic rings. The Morgan fingerprint density at radius 3 is 2.41 bits per heavy atom. The third-order valence-corrected chi connectivity index (χ3v) is 5.80. The summed E-state index contributed by atoms with van der Waals surface area (Å²) in [6.45, 7) is 10.2. The van der Waals surface area contributed by atoms with Crippen LogP contribution in [0.1, 0.15) is 40.4 Å². The molecule has 0 bridgehead atoms. The highest BCUT2D eigenvalue weighted by Gasteiger charge is 2.27. The zero-order valence-electron chi connectivity index (χ0n) is 17.5. The number of thioether (sulfide) groups is 1. The van der Waals surface area contributed by atoms with Gasteiger partial charge >= 0.3 is 0 Å². The lowest BCUT2D eigenvalue weighted by Gasteiger charge is -2.33. The fourth-order valence-electron chi connectivity index (χ4n) is 3.46. The van der Waals surface area contributed by atoms with Crippen LogP contribution >= 0.6 is 11.8 Å². The first-order chi connectivity index (χ1) is 13.8. The molecule has 0 aliphatic carbocycles. The fraction of sp³-hybridized carbons (Fsp3) is 0.409. The minimum absolute atomic E-state index is 0.0342. The van der Waals surface area contributed by atoms with Crippen LogP contribution in [-0.2, 0) is 11.3 Å². The number of hydrogen-bond donors (Lipinski definition) is 0. The van der Waals surface area contributed by atoms with Gasteiger partial charge in [-0.05, 0) is 58.9 Å². The Bertz CT molecular complexity index is 1030. The number of carbonyl (C=O) groups is 1. The summed E-state index contributed by atoms with van der Waals surface area (Å²) in [6, 6.07) is 11.1. The van der Waals surface area contributed by atoms with Gasteiger partial charge in [0.25, 0.3) is 5.56 Å². The first-order valence-corrected chi connectivity index (χ1v) is 10.7. The zero-order valence-corrected chi connectivity index (χ0v) is 18.3. The SMILES string of the molecule is CC(Sc1nc2ccccc2c(=O)n1Cc1ccco1)C(=O)N(C(C)C)C(C)C. The third-order valence-electron chi connectivity index (χ3n) is 4.72. The Hall–Kier alpha value is -2.54. The number of fused-ring (bicyclic) bond motifs is 1. The molecule has 0 aliphatic heterocycles. The molecule has 0 radical (unpaired) electrons. The molecule has 0 N–H and O–H groups in total. The van der Waals surface area contributed by atoms with Crippen molar-refractivity contribution < 1.29 is 9.21 Å². The van der Waals surface area contributed by atoms with Crippen LogP contribution in [0.4, 0.5) is 0 Å². The first kappa shape index (κ1) is 21.2. The van der Waals surface area contributed by atoms with E-state index < -0.39 is 0 Å². The number of benzene rings is 1. The second-order valence-corrected chi connectivity index (χ2v) is 8.88. The molecule has 1 atom stereocenters. The van der Waals surface area contributed by atoms with Gasteiger partial charge in [-0.2, -0.15) is 0 Å². The fourth-order valence-corrected chi connectivity index (χ4v) is 4.42. The van der Waals surface area contributed by atoms with Crippen molar-refractivity contribution in [1.82, 2.24) is 14.5 Å². The smallest absolute Gasteiger partial charge is 0.262 e. The lowest BCUT2D eigenvalue weighted by Crippen LogP contribution is -2.45. The second kappa shape index (κ2) is 8.86. The summed E-state index contributed by atoms with van der Waals surface area (Å²) >= 11 is 1.31. The molecule has 2 heterocycles. The lowest BCUT2D eigenvalue weighted by molar-refractivity contribution is -0.133. The Labute approximate surface area is 174 Å². The van der Waals surface area contributed by atoms with Gasteiger partial charge in [0, 0.05) is 12.1 Å². The Morgan fingerprint density at radius 2 is 1.79 bits per heavy atom. The molecule has 154 valence electrons. The van der Waals surface area contributed by atoms with Crippen LogP contribution in [0, 0.1) is 0 Å². The molecule has 7 heteroatoms. The predicted octanol–water partition coefficient (Wildman–Crippen LogP) is 4.16. The van der Waals surface area contributed by atoms with Crippen LogP contribution in [0.3, 0.4) is 0 Å². The molecule has 1 aromatic carbocycles. The maximum Gasteiger partial charge on any atom is 0.262 e. The summed E-state index contributed by atoms with van der Waals surface area (Å²) < 4.78 is 7.03. The lowest BCUT2D eigenvalue weighted by atomic mass is 10.2. The molecule has 0 saturated heterocycles. The minimum atomic E-state index is -0.379. The molecule has 6 nitrogen and oxygen atoms in total. The highest BCUT2D eigenvalue weighted by molar-refractivity contribution is 8.00. The summed E-state index contributed by atoms with van der Waals surface area (Å²) in [5.74, 6) is 0.697. The first-order valence-electron chi connectivity index (χ1n) is 9.80. The molecule has 0 aliphatic rings. The van der Waals surface area contributed by atoms with Gasteiger partial charge in [-0.3, -0.25) is 14.2 Å². The monoisotopic (exact) mass is 413 g/mol. The Kier molecular flexibility index (Phi) is 6.47. The quantitative estimate of drug-likeness (QED) is 0.430. The summed E-state index contributed by atoms with van der Waals surface area (Å²) in [4.78, 5) is 32.8. The van der Waals surface area contributed by atoms with Crippen molar-refractivity contribution >= 4 is 28.6 Å². The van der Waals surface area contributed by atoms with Crippen molar-refractivity contribution in [1.29, 1.82) is 0 Å². The van der Waals surface area contributed by atoms with Crippen molar-refractivity contribution in [2.45, 2.75) is 63.7 Å². The molecule has 1 amide bonds. The van der Waals surface area contributed by atoms with E-state index in [0.717, 1.165) is 0 Å². The van der Waals surface area contributed by atoms with Crippen LogP contribution < -0.4 is 5.56 Å². The summed E-state index contributed by atoms with van der Waals surface area (Å²) in [5, 5.41) is 0.683. The number of hydrogen-bond acceptors (Lipinski definition) is 5. The Balaban J connectivity index is 2.01. The van der Waals surface area contributed by atoms with Crippen molar-refractivity contribution in [2.24, 2.45) is 0 Å². The molecule has 0 spiro atoms. The molecular weight excluding hydrogens is 386 g/mol. The van der Waals surface area contributed by atoms with Gasteiger partial charge in [-0.1, -0.05) is 23.9 Å². The van der Waals surface area contributed by atoms with E-state index in [-0.39, 0.29) is 35.3 Å². The van der Waals surface area contributed by atoms with Crippen LogP contribution in [0.25, 0.3) is 10.9 Å². The topological polar surface area (TPSA) is 68.3 Å². The highest BCUT2D eigenvalue weighted by atomic mass is 32.2. The zero-order chi connectivity index (χ0) is 21.1. The van der Waals surface area contributed by atoms with Crippen molar-refractivity contribution in [2.75, 3.05) is 0 Å². The number of furan rings is 1. The van der Waals surface area contributed by atoms with E-state index in [1.54, 1.807) is 23.0 Å². The van der Waals surface area contributed by atoms with Gasteiger partial charge in [0.2, 0.25) is 5.91 Å². The minimum Gasteiger partial charge on any atom is -0.467 e. The van der Waals surface area contributed by atoms with E-state index in [0.29, 0.717) is 21.8 Å². The van der Waals surface area contributed by atoms with Crippen LogP contribution in [0.2, 0.25) is 0 Å². The highest BCUT2D eigenvalue weighted by Crippen LogP contribution is 2.26. The summed E-state index contributed by atoms with van der Waals surface area (Å²) in [5.41, 5.74) is 0.485. The average Bonchev–Trinajstić information content (AvgIpc) is 3.17. The van der Waals surface area contributed by atoms with Gasteiger partial charge in [0.05, 0.1) is 29.0 Å².